The normalized spacial score (nSPS) is 14.0. The third-order valence-corrected chi connectivity index (χ3v) is 19.9. The zero-order valence-electron chi connectivity index (χ0n) is 62.7. The standard InChI is InChI=1S/C77H150O17P2/c1-7-9-11-13-15-17-19-21-22-23-24-25-26-28-30-36-43-49-55-61-76(81)93-72(65-87-74(79)59-53-47-41-35-29-27-20-18-16-14-12-10-8-2)67-91-95(83,84)89-63-71(78)64-90-96(85,86)92-68-73(94-77(82)62-56-50-44-38-32-34-40-46-52-58-70(5)6)66-88-75(80)60-54-48-42-37-31-33-39-45-51-57-69(3)4/h69-73,78H,7-68H2,1-6H3,(H,83,84)(H,85,86)/t71-,72-,73-/m1/s1. The number of phosphoric acid groups is 2. The number of hydrogen-bond donors (Lipinski definition) is 3. The molecular formula is C77H150O17P2. The highest BCUT2D eigenvalue weighted by Crippen LogP contribution is 2.45. The quantitative estimate of drug-likeness (QED) is 0.0222. The maximum Gasteiger partial charge on any atom is 0.472 e. The summed E-state index contributed by atoms with van der Waals surface area (Å²) in [5, 5.41) is 10.6. The number of ether oxygens (including phenoxy) is 4. The molecule has 19 heteroatoms. The van der Waals surface area contributed by atoms with Gasteiger partial charge in [0.25, 0.3) is 0 Å². The lowest BCUT2D eigenvalue weighted by molar-refractivity contribution is -0.161. The van der Waals surface area contributed by atoms with Crippen LogP contribution in [0.2, 0.25) is 0 Å². The number of rotatable bonds is 76. The average molecular weight is 1410 g/mol. The second-order valence-corrected chi connectivity index (χ2v) is 31.6. The van der Waals surface area contributed by atoms with Crippen LogP contribution in [0.15, 0.2) is 0 Å². The minimum Gasteiger partial charge on any atom is -0.462 e. The average Bonchev–Trinajstić information content (AvgIpc) is 1.83. The van der Waals surface area contributed by atoms with Crippen molar-refractivity contribution in [1.82, 2.24) is 0 Å². The number of aliphatic hydroxyl groups excluding tert-OH is 1. The highest BCUT2D eigenvalue weighted by Gasteiger charge is 2.30. The van der Waals surface area contributed by atoms with Gasteiger partial charge in [-0.2, -0.15) is 0 Å². The van der Waals surface area contributed by atoms with Gasteiger partial charge in [0.1, 0.15) is 19.3 Å². The van der Waals surface area contributed by atoms with Gasteiger partial charge < -0.3 is 33.8 Å². The van der Waals surface area contributed by atoms with Crippen molar-refractivity contribution in [3.8, 4) is 0 Å². The predicted molar refractivity (Wildman–Crippen MR) is 391 cm³/mol. The third kappa shape index (κ3) is 70.5. The molecule has 570 valence electrons. The Morgan fingerprint density at radius 3 is 0.708 bits per heavy atom. The first-order chi connectivity index (χ1) is 46.4. The van der Waals surface area contributed by atoms with Crippen LogP contribution in [0.3, 0.4) is 0 Å². The van der Waals surface area contributed by atoms with Gasteiger partial charge in [0.2, 0.25) is 0 Å². The van der Waals surface area contributed by atoms with Gasteiger partial charge in [-0.1, -0.05) is 350 Å². The lowest BCUT2D eigenvalue weighted by Gasteiger charge is -2.21. The Morgan fingerprint density at radius 2 is 0.479 bits per heavy atom. The number of aliphatic hydroxyl groups is 1. The Hall–Kier alpha value is -1.94. The van der Waals surface area contributed by atoms with Crippen molar-refractivity contribution in [1.29, 1.82) is 0 Å². The minimum absolute atomic E-state index is 0.105. The first-order valence-electron chi connectivity index (χ1n) is 40.0. The molecule has 0 heterocycles. The Kier molecular flexibility index (Phi) is 67.4. The molecule has 0 bridgehead atoms. The molecule has 5 atom stereocenters. The van der Waals surface area contributed by atoms with Gasteiger partial charge in [-0.15, -0.1) is 0 Å². The summed E-state index contributed by atoms with van der Waals surface area (Å²) in [5.74, 6) is -0.634. The van der Waals surface area contributed by atoms with Gasteiger partial charge in [0.05, 0.1) is 26.4 Å². The van der Waals surface area contributed by atoms with Gasteiger partial charge in [0, 0.05) is 25.7 Å². The first kappa shape index (κ1) is 94.1. The summed E-state index contributed by atoms with van der Waals surface area (Å²) >= 11 is 0. The van der Waals surface area contributed by atoms with Gasteiger partial charge in [-0.3, -0.25) is 37.3 Å². The van der Waals surface area contributed by atoms with Crippen LogP contribution in [-0.4, -0.2) is 96.7 Å². The zero-order chi connectivity index (χ0) is 70.7. The Bertz CT molecular complexity index is 1860. The second kappa shape index (κ2) is 68.8. The molecule has 0 saturated heterocycles. The van der Waals surface area contributed by atoms with Gasteiger partial charge in [-0.25, -0.2) is 9.13 Å². The summed E-state index contributed by atoms with van der Waals surface area (Å²) in [6.07, 6.45) is 56.9. The minimum atomic E-state index is -4.96. The van der Waals surface area contributed by atoms with Crippen LogP contribution in [0.1, 0.15) is 401 Å². The summed E-state index contributed by atoms with van der Waals surface area (Å²) < 4.78 is 68.6. The maximum absolute atomic E-state index is 13.1. The molecule has 0 aliphatic heterocycles. The van der Waals surface area contributed by atoms with Crippen LogP contribution in [-0.2, 0) is 65.4 Å². The number of esters is 4. The first-order valence-corrected chi connectivity index (χ1v) is 43.0. The van der Waals surface area contributed by atoms with Crippen LogP contribution in [0.25, 0.3) is 0 Å². The van der Waals surface area contributed by atoms with E-state index in [2.05, 4.69) is 41.5 Å². The highest BCUT2D eigenvalue weighted by atomic mass is 31.2. The lowest BCUT2D eigenvalue weighted by Crippen LogP contribution is -2.30. The fourth-order valence-corrected chi connectivity index (χ4v) is 13.4. The third-order valence-electron chi connectivity index (χ3n) is 18.0. The molecule has 0 aliphatic rings. The number of unbranched alkanes of at least 4 members (excludes halogenated alkanes) is 46. The zero-order valence-corrected chi connectivity index (χ0v) is 64.5. The predicted octanol–water partition coefficient (Wildman–Crippen LogP) is 22.7. The molecule has 0 amide bonds. The van der Waals surface area contributed by atoms with E-state index in [1.54, 1.807) is 0 Å². The fraction of sp³-hybridized carbons (Fsp3) is 0.948. The maximum atomic E-state index is 13.1. The summed E-state index contributed by atoms with van der Waals surface area (Å²) in [6, 6.07) is 0. The van der Waals surface area contributed by atoms with Crippen molar-refractivity contribution in [3.63, 3.8) is 0 Å². The lowest BCUT2D eigenvalue weighted by atomic mass is 10.0. The van der Waals surface area contributed by atoms with E-state index in [1.807, 2.05) is 0 Å². The molecule has 0 aromatic rings. The van der Waals surface area contributed by atoms with Gasteiger partial charge >= 0.3 is 39.5 Å². The number of carbonyl (C=O) groups is 4. The van der Waals surface area contributed by atoms with E-state index in [4.69, 9.17) is 37.0 Å². The van der Waals surface area contributed by atoms with E-state index < -0.39 is 97.5 Å². The molecule has 3 N–H and O–H groups in total. The highest BCUT2D eigenvalue weighted by molar-refractivity contribution is 7.47. The van der Waals surface area contributed by atoms with Crippen LogP contribution in [0, 0.1) is 11.8 Å². The van der Waals surface area contributed by atoms with Crippen molar-refractivity contribution in [2.45, 2.75) is 419 Å². The van der Waals surface area contributed by atoms with Crippen LogP contribution < -0.4 is 0 Å². The van der Waals surface area contributed by atoms with Gasteiger partial charge in [0.15, 0.2) is 12.2 Å². The van der Waals surface area contributed by atoms with Crippen molar-refractivity contribution >= 4 is 39.5 Å². The van der Waals surface area contributed by atoms with E-state index in [0.717, 1.165) is 102 Å². The van der Waals surface area contributed by atoms with Gasteiger partial charge in [-0.05, 0) is 37.5 Å². The molecule has 96 heavy (non-hydrogen) atoms. The largest absolute Gasteiger partial charge is 0.472 e. The monoisotopic (exact) mass is 1410 g/mol. The van der Waals surface area contributed by atoms with Crippen molar-refractivity contribution in [2.24, 2.45) is 11.8 Å². The van der Waals surface area contributed by atoms with Crippen LogP contribution in [0.5, 0.6) is 0 Å². The molecule has 2 unspecified atom stereocenters. The van der Waals surface area contributed by atoms with Crippen molar-refractivity contribution in [3.05, 3.63) is 0 Å². The second-order valence-electron chi connectivity index (χ2n) is 28.7. The topological polar surface area (TPSA) is 237 Å². The summed E-state index contributed by atoms with van der Waals surface area (Å²) in [7, 11) is -9.91. The Morgan fingerprint density at radius 1 is 0.281 bits per heavy atom. The summed E-state index contributed by atoms with van der Waals surface area (Å²) in [5.41, 5.74) is 0. The van der Waals surface area contributed by atoms with Crippen LogP contribution in [0.4, 0.5) is 0 Å². The SMILES string of the molecule is CCCCCCCCCCCCCCCCCCCCCC(=O)O[C@H](COC(=O)CCCCCCCCCCCCCCC)COP(=O)(O)OC[C@@H](O)COP(=O)(O)OC[C@@H](COC(=O)CCCCCCCCCCCC(C)C)OC(=O)CCCCCCCCCCCC(C)C. The fourth-order valence-electron chi connectivity index (χ4n) is 11.8. The van der Waals surface area contributed by atoms with E-state index in [0.29, 0.717) is 25.7 Å². The molecule has 0 aromatic heterocycles. The molecule has 0 fully saturated rings. The Balaban J connectivity index is 5.24. The van der Waals surface area contributed by atoms with Crippen molar-refractivity contribution < 1.29 is 80.2 Å². The number of phosphoric ester groups is 2. The number of carbonyl (C=O) groups excluding carboxylic acids is 4. The molecule has 0 aliphatic carbocycles. The molecule has 0 aromatic carbocycles. The molecule has 17 nitrogen and oxygen atoms in total. The summed E-state index contributed by atoms with van der Waals surface area (Å²) in [6.45, 7) is 9.56. The molecule has 0 spiro atoms. The van der Waals surface area contributed by atoms with E-state index in [9.17, 15) is 43.2 Å². The van der Waals surface area contributed by atoms with Crippen molar-refractivity contribution in [2.75, 3.05) is 39.6 Å². The molecule has 0 saturated carbocycles. The molecular weight excluding hydrogens is 1260 g/mol. The van der Waals surface area contributed by atoms with E-state index in [-0.39, 0.29) is 25.7 Å². The molecule has 0 rings (SSSR count). The number of hydrogen-bond acceptors (Lipinski definition) is 15. The van der Waals surface area contributed by atoms with E-state index in [1.165, 1.54) is 218 Å². The smallest absolute Gasteiger partial charge is 0.462 e. The molecule has 0 radical (unpaired) electrons. The van der Waals surface area contributed by atoms with Crippen LogP contribution >= 0.6 is 15.6 Å². The Labute approximate surface area is 588 Å². The summed E-state index contributed by atoms with van der Waals surface area (Å²) in [4.78, 5) is 72.9. The van der Waals surface area contributed by atoms with E-state index >= 15 is 0 Å².